The summed E-state index contributed by atoms with van der Waals surface area (Å²) in [5.74, 6) is -0.658. The average molecular weight is 502 g/mol. The number of esters is 2. The predicted molar refractivity (Wildman–Crippen MR) is 129 cm³/mol. The Hall–Kier alpha value is -3.84. The molecule has 0 amide bonds. The molecule has 0 saturated carbocycles. The second kappa shape index (κ2) is 12.6. The number of rotatable bonds is 11. The SMILES string of the molecule is CCOC(=O)c1sc(CC(=O)/C(C#N)=C/c2c(OC)cc(OC)cc2OC)c(C(=O)OCC)c1C. The molecule has 2 aromatic rings. The van der Waals surface area contributed by atoms with Crippen LogP contribution >= 0.6 is 11.3 Å². The quantitative estimate of drug-likeness (QED) is 0.254. The highest BCUT2D eigenvalue weighted by molar-refractivity contribution is 7.14. The topological polar surface area (TPSA) is 121 Å². The van der Waals surface area contributed by atoms with Gasteiger partial charge < -0.3 is 23.7 Å². The van der Waals surface area contributed by atoms with Crippen LogP contribution in [0.25, 0.3) is 6.08 Å². The molecular weight excluding hydrogens is 474 g/mol. The Bertz CT molecular complexity index is 1160. The Balaban J connectivity index is 2.54. The monoisotopic (exact) mass is 501 g/mol. The fourth-order valence-corrected chi connectivity index (χ4v) is 4.48. The number of carbonyl (C=O) groups excluding carboxylic acids is 3. The van der Waals surface area contributed by atoms with Crippen LogP contribution in [0.2, 0.25) is 0 Å². The minimum Gasteiger partial charge on any atom is -0.496 e. The summed E-state index contributed by atoms with van der Waals surface area (Å²) in [5.41, 5.74) is 0.687. The molecule has 0 radical (unpaired) electrons. The van der Waals surface area contributed by atoms with Crippen molar-refractivity contribution in [2.75, 3.05) is 34.5 Å². The number of benzene rings is 1. The third kappa shape index (κ3) is 6.19. The molecule has 1 aromatic heterocycles. The van der Waals surface area contributed by atoms with Gasteiger partial charge >= 0.3 is 11.9 Å². The molecule has 0 aliphatic rings. The van der Waals surface area contributed by atoms with Crippen LogP contribution in [0.15, 0.2) is 17.7 Å². The summed E-state index contributed by atoms with van der Waals surface area (Å²) in [5, 5.41) is 9.74. The van der Waals surface area contributed by atoms with Crippen LogP contribution in [0.1, 0.15) is 49.9 Å². The van der Waals surface area contributed by atoms with Crippen molar-refractivity contribution in [2.24, 2.45) is 0 Å². The Morgan fingerprint density at radius 1 is 0.971 bits per heavy atom. The number of thiophene rings is 1. The van der Waals surface area contributed by atoms with Crippen LogP contribution in [-0.2, 0) is 20.7 Å². The molecule has 0 N–H and O–H groups in total. The predicted octanol–water partition coefficient (Wildman–Crippen LogP) is 4.15. The van der Waals surface area contributed by atoms with Crippen LogP contribution in [0.5, 0.6) is 17.2 Å². The van der Waals surface area contributed by atoms with Crippen molar-refractivity contribution in [3.8, 4) is 23.3 Å². The molecule has 0 unspecified atom stereocenters. The van der Waals surface area contributed by atoms with Crippen LogP contribution in [0.4, 0.5) is 0 Å². The van der Waals surface area contributed by atoms with Crippen molar-refractivity contribution in [1.82, 2.24) is 0 Å². The first-order chi connectivity index (χ1) is 16.8. The molecule has 10 heteroatoms. The average Bonchev–Trinajstić information content (AvgIpc) is 3.17. The minimum atomic E-state index is -0.652. The van der Waals surface area contributed by atoms with E-state index in [0.717, 1.165) is 11.3 Å². The number of allylic oxidation sites excluding steroid dienone is 1. The zero-order valence-corrected chi connectivity index (χ0v) is 21.3. The van der Waals surface area contributed by atoms with Gasteiger partial charge in [-0.1, -0.05) is 0 Å². The van der Waals surface area contributed by atoms with Gasteiger partial charge in [-0.05, 0) is 32.4 Å². The van der Waals surface area contributed by atoms with Crippen molar-refractivity contribution < 1.29 is 38.1 Å². The fourth-order valence-electron chi connectivity index (χ4n) is 3.29. The highest BCUT2D eigenvalue weighted by Crippen LogP contribution is 2.36. The van der Waals surface area contributed by atoms with Crippen molar-refractivity contribution in [3.63, 3.8) is 0 Å². The largest absolute Gasteiger partial charge is 0.496 e. The van der Waals surface area contributed by atoms with Gasteiger partial charge in [-0.2, -0.15) is 5.26 Å². The summed E-state index contributed by atoms with van der Waals surface area (Å²) in [6.07, 6.45) is 1.06. The summed E-state index contributed by atoms with van der Waals surface area (Å²) in [6, 6.07) is 5.10. The molecular formula is C25H27NO8S. The van der Waals surface area contributed by atoms with E-state index in [4.69, 9.17) is 23.7 Å². The lowest BCUT2D eigenvalue weighted by molar-refractivity contribution is -0.114. The smallest absolute Gasteiger partial charge is 0.348 e. The van der Waals surface area contributed by atoms with E-state index >= 15 is 0 Å². The molecule has 0 bridgehead atoms. The van der Waals surface area contributed by atoms with Gasteiger partial charge in [0.1, 0.15) is 28.2 Å². The highest BCUT2D eigenvalue weighted by Gasteiger charge is 2.28. The minimum absolute atomic E-state index is 0.122. The van der Waals surface area contributed by atoms with Crippen LogP contribution in [-0.4, -0.2) is 52.3 Å². The molecule has 0 fully saturated rings. The van der Waals surface area contributed by atoms with Crippen LogP contribution < -0.4 is 14.2 Å². The van der Waals surface area contributed by atoms with Gasteiger partial charge in [0.2, 0.25) is 0 Å². The number of hydrogen-bond acceptors (Lipinski definition) is 10. The van der Waals surface area contributed by atoms with E-state index in [2.05, 4.69) is 0 Å². The first-order valence-corrected chi connectivity index (χ1v) is 11.5. The zero-order valence-electron chi connectivity index (χ0n) is 20.5. The van der Waals surface area contributed by atoms with Crippen molar-refractivity contribution >= 4 is 35.1 Å². The summed E-state index contributed by atoms with van der Waals surface area (Å²) >= 11 is 0.972. The third-order valence-electron chi connectivity index (χ3n) is 4.94. The lowest BCUT2D eigenvalue weighted by atomic mass is 10.0. The van der Waals surface area contributed by atoms with Crippen LogP contribution in [0, 0.1) is 18.3 Å². The van der Waals surface area contributed by atoms with E-state index < -0.39 is 17.7 Å². The molecule has 2 rings (SSSR count). The molecule has 0 atom stereocenters. The number of Topliss-reactive ketones (excluding diaryl/α,β-unsaturated/α-hetero) is 1. The summed E-state index contributed by atoms with van der Waals surface area (Å²) in [7, 11) is 4.37. The first-order valence-electron chi connectivity index (χ1n) is 10.7. The lowest BCUT2D eigenvalue weighted by Crippen LogP contribution is -2.12. The van der Waals surface area contributed by atoms with Crippen LogP contribution in [0.3, 0.4) is 0 Å². The summed E-state index contributed by atoms with van der Waals surface area (Å²) in [6.45, 7) is 5.20. The Kier molecular flexibility index (Phi) is 9.85. The second-order valence-electron chi connectivity index (χ2n) is 7.01. The fraction of sp³-hybridized carbons (Fsp3) is 0.360. The van der Waals surface area contributed by atoms with Gasteiger partial charge in [-0.3, -0.25) is 4.79 Å². The number of hydrogen-bond donors (Lipinski definition) is 0. The van der Waals surface area contributed by atoms with Gasteiger partial charge in [-0.15, -0.1) is 11.3 Å². The third-order valence-corrected chi connectivity index (χ3v) is 6.22. The van der Waals surface area contributed by atoms with Crippen molar-refractivity contribution in [2.45, 2.75) is 27.2 Å². The molecule has 0 aliphatic heterocycles. The first kappa shape index (κ1) is 27.4. The number of ether oxygens (including phenoxy) is 5. The molecule has 1 heterocycles. The van der Waals surface area contributed by atoms with E-state index in [0.29, 0.717) is 33.3 Å². The molecule has 186 valence electrons. The Morgan fingerprint density at radius 3 is 2.03 bits per heavy atom. The van der Waals surface area contributed by atoms with E-state index in [-0.39, 0.29) is 35.6 Å². The van der Waals surface area contributed by atoms with E-state index in [1.807, 2.05) is 6.07 Å². The molecule has 0 aliphatic carbocycles. The number of ketones is 1. The maximum atomic E-state index is 13.2. The van der Waals surface area contributed by atoms with Gasteiger partial charge in [0.25, 0.3) is 0 Å². The van der Waals surface area contributed by atoms with Crippen molar-refractivity contribution in [3.05, 3.63) is 44.2 Å². The van der Waals surface area contributed by atoms with Gasteiger partial charge in [0.15, 0.2) is 5.78 Å². The number of methoxy groups -OCH3 is 3. The zero-order chi connectivity index (χ0) is 26.1. The number of nitriles is 1. The molecule has 0 spiro atoms. The molecule has 1 aromatic carbocycles. The molecule has 9 nitrogen and oxygen atoms in total. The number of carbonyl (C=O) groups is 3. The number of nitrogens with zero attached hydrogens (tertiary/aromatic N) is 1. The maximum Gasteiger partial charge on any atom is 0.348 e. The highest BCUT2D eigenvalue weighted by atomic mass is 32.1. The van der Waals surface area contributed by atoms with E-state index in [1.165, 1.54) is 27.4 Å². The van der Waals surface area contributed by atoms with Crippen molar-refractivity contribution in [1.29, 1.82) is 5.26 Å². The Labute approximate surface area is 207 Å². The standard InChI is InChI=1S/C25H27NO8S/c1-7-33-24(28)22-14(3)23(25(29)34-8-2)35-21(22)12-18(27)15(13-26)9-17-19(31-5)10-16(30-4)11-20(17)32-6/h9-11H,7-8,12H2,1-6H3/b15-9+. The van der Waals surface area contributed by atoms with E-state index in [9.17, 15) is 19.6 Å². The van der Waals surface area contributed by atoms with Gasteiger partial charge in [-0.25, -0.2) is 9.59 Å². The molecule has 35 heavy (non-hydrogen) atoms. The Morgan fingerprint density at radius 2 is 1.54 bits per heavy atom. The lowest BCUT2D eigenvalue weighted by Gasteiger charge is -2.13. The molecule has 0 saturated heterocycles. The summed E-state index contributed by atoms with van der Waals surface area (Å²) < 4.78 is 26.2. The van der Waals surface area contributed by atoms with Gasteiger partial charge in [0, 0.05) is 23.4 Å². The summed E-state index contributed by atoms with van der Waals surface area (Å²) in [4.78, 5) is 38.7. The van der Waals surface area contributed by atoms with E-state index in [1.54, 1.807) is 32.9 Å². The normalized spacial score (nSPS) is 10.8. The second-order valence-corrected chi connectivity index (χ2v) is 8.12. The maximum absolute atomic E-state index is 13.2. The van der Waals surface area contributed by atoms with Gasteiger partial charge in [0.05, 0.1) is 51.2 Å².